The lowest BCUT2D eigenvalue weighted by atomic mass is 10.1. The molecule has 3 aromatic rings. The molecule has 3 heterocycles. The molecule has 0 unspecified atom stereocenters. The van der Waals surface area contributed by atoms with Crippen molar-refractivity contribution in [3.8, 4) is 21.8 Å². The zero-order valence-corrected chi connectivity index (χ0v) is 9.89. The van der Waals surface area contributed by atoms with E-state index in [1.807, 2.05) is 48.8 Å². The summed E-state index contributed by atoms with van der Waals surface area (Å²) in [5.41, 5.74) is 3.15. The number of hydrogen-bond acceptors (Lipinski definition) is 3. The third-order valence-corrected chi connectivity index (χ3v) is 3.44. The van der Waals surface area contributed by atoms with Gasteiger partial charge in [-0.05, 0) is 35.7 Å². The monoisotopic (exact) mass is 238 g/mol. The number of hydrogen-bond donors (Lipinski definition) is 0. The first kappa shape index (κ1) is 10.2. The minimum atomic E-state index is 0.995. The molecule has 0 aromatic carbocycles. The minimum Gasteiger partial charge on any atom is -0.256 e. The first-order valence-electron chi connectivity index (χ1n) is 5.35. The van der Waals surface area contributed by atoms with Crippen LogP contribution in [0.5, 0.6) is 0 Å². The van der Waals surface area contributed by atoms with Crippen LogP contribution in [0.2, 0.25) is 0 Å². The van der Waals surface area contributed by atoms with Crippen molar-refractivity contribution in [3.63, 3.8) is 0 Å². The molecule has 0 bridgehead atoms. The molecule has 3 heteroatoms. The Bertz CT molecular complexity index is 548. The van der Waals surface area contributed by atoms with Crippen molar-refractivity contribution < 1.29 is 0 Å². The molecule has 17 heavy (non-hydrogen) atoms. The smallest absolute Gasteiger partial charge is 0.0808 e. The maximum absolute atomic E-state index is 4.39. The maximum Gasteiger partial charge on any atom is 0.0808 e. The van der Waals surface area contributed by atoms with Gasteiger partial charge in [0.1, 0.15) is 0 Å². The van der Waals surface area contributed by atoms with E-state index in [-0.39, 0.29) is 0 Å². The molecule has 0 aliphatic heterocycles. The van der Waals surface area contributed by atoms with Crippen LogP contribution in [-0.4, -0.2) is 9.97 Å². The third kappa shape index (κ3) is 1.97. The highest BCUT2D eigenvalue weighted by atomic mass is 32.1. The Balaban J connectivity index is 2.13. The first-order chi connectivity index (χ1) is 8.45. The fraction of sp³-hybridized carbons (Fsp3) is 0. The lowest BCUT2D eigenvalue weighted by Gasteiger charge is -2.02. The van der Waals surface area contributed by atoms with Crippen molar-refractivity contribution in [1.82, 2.24) is 9.97 Å². The van der Waals surface area contributed by atoms with Crippen LogP contribution in [0.4, 0.5) is 0 Å². The Morgan fingerprint density at radius 3 is 2.12 bits per heavy atom. The molecule has 3 rings (SSSR count). The minimum absolute atomic E-state index is 0.995. The zero-order valence-electron chi connectivity index (χ0n) is 9.08. The standard InChI is InChI=1S/C14H10N2S/c1-3-8-15-12(5-1)11-7-10-17-14(11)13-6-2-4-9-16-13/h1-10H. The molecule has 0 N–H and O–H groups in total. The van der Waals surface area contributed by atoms with Crippen LogP contribution in [0.15, 0.2) is 60.2 Å². The van der Waals surface area contributed by atoms with Gasteiger partial charge in [0.05, 0.1) is 16.3 Å². The van der Waals surface area contributed by atoms with Gasteiger partial charge in [-0.25, -0.2) is 0 Å². The van der Waals surface area contributed by atoms with E-state index in [2.05, 4.69) is 21.4 Å². The third-order valence-electron chi connectivity index (χ3n) is 2.50. The summed E-state index contributed by atoms with van der Waals surface area (Å²) in [6.07, 6.45) is 3.63. The van der Waals surface area contributed by atoms with Crippen molar-refractivity contribution in [2.75, 3.05) is 0 Å². The molecule has 3 aromatic heterocycles. The van der Waals surface area contributed by atoms with Gasteiger partial charge in [-0.3, -0.25) is 9.97 Å². The highest BCUT2D eigenvalue weighted by molar-refractivity contribution is 7.14. The van der Waals surface area contributed by atoms with Gasteiger partial charge in [-0.15, -0.1) is 11.3 Å². The summed E-state index contributed by atoms with van der Waals surface area (Å²) in [5.74, 6) is 0. The van der Waals surface area contributed by atoms with Crippen LogP contribution in [0.1, 0.15) is 0 Å². The number of rotatable bonds is 2. The highest BCUT2D eigenvalue weighted by Gasteiger charge is 2.09. The molecular weight excluding hydrogens is 228 g/mol. The van der Waals surface area contributed by atoms with Crippen LogP contribution in [0, 0.1) is 0 Å². The van der Waals surface area contributed by atoms with Crippen molar-refractivity contribution in [2.45, 2.75) is 0 Å². The number of nitrogens with zero attached hydrogens (tertiary/aromatic N) is 2. The second kappa shape index (κ2) is 4.47. The van der Waals surface area contributed by atoms with Gasteiger partial charge in [0.25, 0.3) is 0 Å². The number of aromatic nitrogens is 2. The molecule has 82 valence electrons. The summed E-state index contributed by atoms with van der Waals surface area (Å²) in [4.78, 5) is 9.95. The van der Waals surface area contributed by atoms with Crippen LogP contribution < -0.4 is 0 Å². The zero-order chi connectivity index (χ0) is 11.5. The first-order valence-corrected chi connectivity index (χ1v) is 6.23. The maximum atomic E-state index is 4.39. The van der Waals surface area contributed by atoms with E-state index < -0.39 is 0 Å². The van der Waals surface area contributed by atoms with Gasteiger partial charge in [0, 0.05) is 18.0 Å². The molecule has 0 aliphatic carbocycles. The van der Waals surface area contributed by atoms with Crippen LogP contribution in [0.25, 0.3) is 21.8 Å². The van der Waals surface area contributed by atoms with Gasteiger partial charge in [0.2, 0.25) is 0 Å². The molecule has 0 saturated carbocycles. The quantitative estimate of drug-likeness (QED) is 0.677. The van der Waals surface area contributed by atoms with Gasteiger partial charge < -0.3 is 0 Å². The average Bonchev–Trinajstić information content (AvgIpc) is 2.90. The topological polar surface area (TPSA) is 25.8 Å². The van der Waals surface area contributed by atoms with Crippen molar-refractivity contribution in [1.29, 1.82) is 0 Å². The predicted octanol–water partition coefficient (Wildman–Crippen LogP) is 3.87. The Morgan fingerprint density at radius 1 is 0.765 bits per heavy atom. The SMILES string of the molecule is c1ccc(-c2ccsc2-c2ccccn2)nc1. The Labute approximate surface area is 104 Å². The molecule has 2 nitrogen and oxygen atoms in total. The molecule has 0 saturated heterocycles. The summed E-state index contributed by atoms with van der Waals surface area (Å²) in [7, 11) is 0. The molecule has 0 fully saturated rings. The second-order valence-corrected chi connectivity index (χ2v) is 4.51. The summed E-state index contributed by atoms with van der Waals surface area (Å²) in [6, 6.07) is 14.0. The van der Waals surface area contributed by atoms with E-state index in [4.69, 9.17) is 0 Å². The van der Waals surface area contributed by atoms with Gasteiger partial charge in [-0.1, -0.05) is 12.1 Å². The van der Waals surface area contributed by atoms with Gasteiger partial charge >= 0.3 is 0 Å². The van der Waals surface area contributed by atoms with E-state index in [1.54, 1.807) is 11.3 Å². The van der Waals surface area contributed by atoms with Gasteiger partial charge in [0.15, 0.2) is 0 Å². The van der Waals surface area contributed by atoms with Crippen LogP contribution >= 0.6 is 11.3 Å². The van der Waals surface area contributed by atoms with Crippen LogP contribution in [0.3, 0.4) is 0 Å². The Morgan fingerprint density at radius 2 is 1.47 bits per heavy atom. The van der Waals surface area contributed by atoms with E-state index in [0.29, 0.717) is 0 Å². The summed E-state index contributed by atoms with van der Waals surface area (Å²) in [6.45, 7) is 0. The largest absolute Gasteiger partial charge is 0.256 e. The Hall–Kier alpha value is -2.00. The van der Waals surface area contributed by atoms with Crippen molar-refractivity contribution in [3.05, 3.63) is 60.2 Å². The fourth-order valence-electron chi connectivity index (χ4n) is 1.73. The Kier molecular flexibility index (Phi) is 2.68. The highest BCUT2D eigenvalue weighted by Crippen LogP contribution is 2.34. The van der Waals surface area contributed by atoms with E-state index >= 15 is 0 Å². The second-order valence-electron chi connectivity index (χ2n) is 3.59. The molecule has 0 amide bonds. The molecular formula is C14H10N2S. The van der Waals surface area contributed by atoms with E-state index in [1.165, 1.54) is 4.88 Å². The van der Waals surface area contributed by atoms with Gasteiger partial charge in [-0.2, -0.15) is 0 Å². The fourth-order valence-corrected chi connectivity index (χ4v) is 2.61. The molecule has 0 spiro atoms. The lowest BCUT2D eigenvalue weighted by Crippen LogP contribution is -1.84. The van der Waals surface area contributed by atoms with Crippen molar-refractivity contribution >= 4 is 11.3 Å². The molecule has 0 aliphatic rings. The number of pyridine rings is 2. The summed E-state index contributed by atoms with van der Waals surface area (Å²) in [5, 5.41) is 2.08. The number of thiophene rings is 1. The normalized spacial score (nSPS) is 10.4. The molecule has 0 radical (unpaired) electrons. The summed E-state index contributed by atoms with van der Waals surface area (Å²) < 4.78 is 0. The predicted molar refractivity (Wildman–Crippen MR) is 70.8 cm³/mol. The average molecular weight is 238 g/mol. The lowest BCUT2D eigenvalue weighted by molar-refractivity contribution is 1.31. The van der Waals surface area contributed by atoms with Crippen LogP contribution in [-0.2, 0) is 0 Å². The molecule has 0 atom stereocenters. The summed E-state index contributed by atoms with van der Waals surface area (Å²) >= 11 is 1.69. The van der Waals surface area contributed by atoms with Crippen molar-refractivity contribution in [2.24, 2.45) is 0 Å². The van der Waals surface area contributed by atoms with E-state index in [9.17, 15) is 0 Å². The van der Waals surface area contributed by atoms with E-state index in [0.717, 1.165) is 17.0 Å².